The van der Waals surface area contributed by atoms with Gasteiger partial charge in [0.25, 0.3) is 0 Å². The van der Waals surface area contributed by atoms with Gasteiger partial charge in [-0.1, -0.05) is 142 Å². The lowest BCUT2D eigenvalue weighted by atomic mass is 9.42. The van der Waals surface area contributed by atoms with Gasteiger partial charge in [0.1, 0.15) is 11.2 Å². The van der Waals surface area contributed by atoms with Crippen molar-refractivity contribution in [3.8, 4) is 22.3 Å². The number of furan rings is 1. The number of benzene rings is 8. The van der Waals surface area contributed by atoms with Crippen molar-refractivity contribution in [2.75, 3.05) is 9.71 Å². The molecular weight excluding hydrogens is 703 g/mol. The van der Waals surface area contributed by atoms with E-state index in [-0.39, 0.29) is 12.3 Å². The molecule has 3 nitrogen and oxygen atoms in total. The molecule has 0 fully saturated rings. The molecule has 58 heavy (non-hydrogen) atoms. The Morgan fingerprint density at radius 1 is 0.552 bits per heavy atom. The van der Waals surface area contributed by atoms with Crippen LogP contribution in [-0.2, 0) is 10.8 Å². The van der Waals surface area contributed by atoms with E-state index in [2.05, 4.69) is 201 Å². The van der Waals surface area contributed by atoms with Crippen LogP contribution in [0, 0.1) is 6.92 Å². The fourth-order valence-corrected chi connectivity index (χ4v) is 11.3. The molecule has 0 N–H and O–H groups in total. The second-order valence-corrected chi connectivity index (χ2v) is 17.7. The fourth-order valence-electron chi connectivity index (χ4n) is 11.3. The van der Waals surface area contributed by atoms with Crippen LogP contribution in [0.25, 0.3) is 44.2 Å². The van der Waals surface area contributed by atoms with Crippen molar-refractivity contribution in [2.45, 2.75) is 38.5 Å². The van der Waals surface area contributed by atoms with Gasteiger partial charge in [0.05, 0.1) is 11.1 Å². The van der Waals surface area contributed by atoms with E-state index >= 15 is 0 Å². The number of aryl methyl sites for hydroxylation is 1. The van der Waals surface area contributed by atoms with E-state index in [4.69, 9.17) is 4.42 Å². The molecule has 4 heterocycles. The normalized spacial score (nSPS) is 14.9. The number of fused-ring (bicyclic) bond motifs is 17. The van der Waals surface area contributed by atoms with Crippen molar-refractivity contribution in [3.63, 3.8) is 0 Å². The Morgan fingerprint density at radius 2 is 1.22 bits per heavy atom. The fraction of sp³-hybridized carbons (Fsp3) is 0.111. The zero-order valence-corrected chi connectivity index (χ0v) is 33.0. The quantitative estimate of drug-likeness (QED) is 0.156. The number of hydrogen-bond acceptors (Lipinski definition) is 3. The minimum Gasteiger partial charge on any atom is -0.455 e. The minimum atomic E-state index is -0.484. The smallest absolute Gasteiger partial charge is 0.333 e. The Bertz CT molecular complexity index is 3210. The Hall–Kier alpha value is -6.78. The van der Waals surface area contributed by atoms with Gasteiger partial charge in [0, 0.05) is 39.1 Å². The minimum absolute atomic E-state index is 0.0372. The Kier molecular flexibility index (Phi) is 6.13. The topological polar surface area (TPSA) is 19.6 Å². The molecule has 9 aromatic rings. The van der Waals surface area contributed by atoms with Crippen LogP contribution in [0.1, 0.15) is 54.2 Å². The van der Waals surface area contributed by atoms with Crippen molar-refractivity contribution in [3.05, 3.63) is 197 Å². The van der Waals surface area contributed by atoms with Crippen LogP contribution in [0.5, 0.6) is 0 Å². The Morgan fingerprint density at radius 3 is 1.98 bits per heavy atom. The van der Waals surface area contributed by atoms with Gasteiger partial charge in [-0.2, -0.15) is 0 Å². The summed E-state index contributed by atoms with van der Waals surface area (Å²) in [5, 5.41) is 2.29. The maximum absolute atomic E-state index is 6.92. The van der Waals surface area contributed by atoms with Crippen molar-refractivity contribution in [1.82, 2.24) is 0 Å². The molecule has 8 aromatic carbocycles. The third kappa shape index (κ3) is 3.86. The van der Waals surface area contributed by atoms with Gasteiger partial charge in [0.15, 0.2) is 0 Å². The van der Waals surface area contributed by atoms with Gasteiger partial charge in [-0.15, -0.1) is 0 Å². The maximum atomic E-state index is 6.92. The van der Waals surface area contributed by atoms with E-state index in [1.165, 1.54) is 83.7 Å². The van der Waals surface area contributed by atoms with E-state index in [1.54, 1.807) is 0 Å². The van der Waals surface area contributed by atoms with Gasteiger partial charge in [-0.25, -0.2) is 0 Å². The number of nitrogens with zero attached hydrogens (tertiary/aromatic N) is 2. The summed E-state index contributed by atoms with van der Waals surface area (Å²) in [4.78, 5) is 5.23. The number of para-hydroxylation sites is 3. The number of rotatable bonds is 1. The van der Waals surface area contributed by atoms with Crippen LogP contribution in [-0.4, -0.2) is 6.85 Å². The molecule has 0 atom stereocenters. The summed E-state index contributed by atoms with van der Waals surface area (Å²) in [6, 6.07) is 61.8. The van der Waals surface area contributed by atoms with Crippen LogP contribution in [0.2, 0.25) is 0 Å². The molecule has 0 saturated heterocycles. The van der Waals surface area contributed by atoms with Crippen LogP contribution >= 0.6 is 0 Å². The summed E-state index contributed by atoms with van der Waals surface area (Å²) in [7, 11) is 0. The van der Waals surface area contributed by atoms with Crippen LogP contribution < -0.4 is 20.6 Å². The van der Waals surface area contributed by atoms with Crippen molar-refractivity contribution < 1.29 is 4.42 Å². The van der Waals surface area contributed by atoms with Crippen LogP contribution in [0.15, 0.2) is 168 Å². The molecule has 4 heteroatoms. The SMILES string of the molecule is Cc1cc2c3c(c1)N1c4ccccc4C4(c5ccccc5-c5ccccc54)c4cccc(c41)B3N(c1ccc(C(C)(C)C)cc1)c1ccc3c(oc4ccccc43)c1-2. The highest BCUT2D eigenvalue weighted by Gasteiger charge is 2.55. The van der Waals surface area contributed by atoms with E-state index < -0.39 is 5.41 Å². The zero-order chi connectivity index (χ0) is 38.7. The van der Waals surface area contributed by atoms with Crippen molar-refractivity contribution >= 4 is 68.1 Å². The summed E-state index contributed by atoms with van der Waals surface area (Å²) < 4.78 is 6.92. The molecule has 0 bridgehead atoms. The molecule has 4 aliphatic rings. The van der Waals surface area contributed by atoms with Crippen molar-refractivity contribution in [2.24, 2.45) is 0 Å². The molecule has 13 rings (SSSR count). The molecular formula is C54H39BN2O. The van der Waals surface area contributed by atoms with Crippen molar-refractivity contribution in [1.29, 1.82) is 0 Å². The van der Waals surface area contributed by atoms with E-state index in [0.717, 1.165) is 33.2 Å². The van der Waals surface area contributed by atoms with Gasteiger partial charge in [0.2, 0.25) is 0 Å². The van der Waals surface area contributed by atoms with E-state index in [0.29, 0.717) is 0 Å². The highest BCUT2D eigenvalue weighted by molar-refractivity contribution is 6.93. The summed E-state index contributed by atoms with van der Waals surface area (Å²) in [6.07, 6.45) is 0. The lowest BCUT2D eigenvalue weighted by Crippen LogP contribution is -2.62. The molecule has 3 aliphatic heterocycles. The average Bonchev–Trinajstić information content (AvgIpc) is 3.77. The van der Waals surface area contributed by atoms with E-state index in [1.807, 2.05) is 0 Å². The summed E-state index contributed by atoms with van der Waals surface area (Å²) in [6.45, 7) is 9.03. The molecule has 0 saturated carbocycles. The highest BCUT2D eigenvalue weighted by Crippen LogP contribution is 2.64. The zero-order valence-electron chi connectivity index (χ0n) is 33.0. The average molecular weight is 743 g/mol. The molecule has 1 aromatic heterocycles. The monoisotopic (exact) mass is 742 g/mol. The van der Waals surface area contributed by atoms with E-state index in [9.17, 15) is 0 Å². The van der Waals surface area contributed by atoms with Crippen LogP contribution in [0.3, 0.4) is 0 Å². The predicted molar refractivity (Wildman–Crippen MR) is 242 cm³/mol. The van der Waals surface area contributed by atoms with Gasteiger partial charge in [-0.05, 0) is 116 Å². The second-order valence-electron chi connectivity index (χ2n) is 17.7. The molecule has 0 amide bonds. The Labute approximate surface area is 338 Å². The molecule has 0 unspecified atom stereocenters. The molecule has 1 aliphatic carbocycles. The van der Waals surface area contributed by atoms with Gasteiger partial charge < -0.3 is 14.1 Å². The first kappa shape index (κ1) is 32.3. The molecule has 0 radical (unpaired) electrons. The highest BCUT2D eigenvalue weighted by atomic mass is 16.3. The van der Waals surface area contributed by atoms with Gasteiger partial charge in [-0.3, -0.25) is 0 Å². The summed E-state index contributed by atoms with van der Waals surface area (Å²) in [5.74, 6) is 0. The number of hydrogen-bond donors (Lipinski definition) is 0. The molecule has 274 valence electrons. The second kappa shape index (κ2) is 11.0. The third-order valence-corrected chi connectivity index (χ3v) is 13.6. The van der Waals surface area contributed by atoms with Crippen LogP contribution in [0.4, 0.5) is 28.4 Å². The Balaban J connectivity index is 1.18. The van der Waals surface area contributed by atoms with Gasteiger partial charge >= 0.3 is 6.85 Å². The first-order valence-electron chi connectivity index (χ1n) is 20.6. The lowest BCUT2D eigenvalue weighted by molar-refractivity contribution is 0.590. The summed E-state index contributed by atoms with van der Waals surface area (Å²) in [5.41, 5.74) is 23.0. The summed E-state index contributed by atoms with van der Waals surface area (Å²) >= 11 is 0. The third-order valence-electron chi connectivity index (χ3n) is 13.6. The standard InChI is InChI=1S/C54H39BN2O/c1-32-30-39-49-46(29-28-38-37-16-7-12-23-48(37)58-52(38)49)57(34-26-24-33(25-27-34)53(2,3)4)55-44-21-13-20-43-51(44)56(47(31-32)50(39)55)45-22-11-10-19-42(45)54(43)40-17-8-5-14-35(40)36-15-6-9-18-41(36)54/h5-31H,1-4H3. The molecule has 1 spiro atoms. The maximum Gasteiger partial charge on any atom is 0.333 e. The number of anilines is 5. The largest absolute Gasteiger partial charge is 0.455 e. The first-order valence-corrected chi connectivity index (χ1v) is 20.6. The lowest BCUT2D eigenvalue weighted by Gasteiger charge is -2.51. The first-order chi connectivity index (χ1) is 28.3. The predicted octanol–water partition coefficient (Wildman–Crippen LogP) is 12.6.